The number of hydrogen-bond donors (Lipinski definition) is 0. The zero-order chi connectivity index (χ0) is 17.0. The van der Waals surface area contributed by atoms with E-state index in [0.29, 0.717) is 0 Å². The predicted molar refractivity (Wildman–Crippen MR) is 84.1 cm³/mol. The number of amides is 2. The van der Waals surface area contributed by atoms with Crippen LogP contribution in [0.25, 0.3) is 0 Å². The summed E-state index contributed by atoms with van der Waals surface area (Å²) >= 11 is 0. The minimum Gasteiger partial charge on any atom is -0.347 e. The number of ketones is 1. The number of fused-ring (bicyclic) bond motifs is 2. The van der Waals surface area contributed by atoms with Gasteiger partial charge in [0.1, 0.15) is 6.04 Å². The van der Waals surface area contributed by atoms with E-state index >= 15 is 0 Å². The largest absolute Gasteiger partial charge is 0.347 e. The fraction of sp³-hybridized carbons (Fsp3) is 0.824. The first-order valence-corrected chi connectivity index (χ1v) is 8.01. The highest BCUT2D eigenvalue weighted by Crippen LogP contribution is 2.64. The molecule has 5 heteroatoms. The zero-order valence-electron chi connectivity index (χ0n) is 14.8. The third kappa shape index (κ3) is 2.01. The van der Waals surface area contributed by atoms with Gasteiger partial charge in [-0.3, -0.25) is 14.4 Å². The lowest BCUT2D eigenvalue weighted by Gasteiger charge is -2.38. The Kier molecular flexibility index (Phi) is 3.91. The third-order valence-corrected chi connectivity index (χ3v) is 6.38. The molecule has 0 heterocycles. The lowest BCUT2D eigenvalue weighted by atomic mass is 9.70. The Bertz CT molecular complexity index is 526. The van der Waals surface area contributed by atoms with Crippen molar-refractivity contribution in [3.63, 3.8) is 0 Å². The van der Waals surface area contributed by atoms with Crippen molar-refractivity contribution in [3.05, 3.63) is 0 Å². The molecular weight excluding hydrogens is 280 g/mol. The molecule has 2 rings (SSSR count). The predicted octanol–water partition coefficient (Wildman–Crippen LogP) is 1.71. The lowest BCUT2D eigenvalue weighted by Crippen LogP contribution is -2.56. The minimum atomic E-state index is -0.611. The Hall–Kier alpha value is -1.39. The Morgan fingerprint density at radius 1 is 1.23 bits per heavy atom. The smallest absolute Gasteiger partial charge is 0.244 e. The van der Waals surface area contributed by atoms with Gasteiger partial charge < -0.3 is 9.80 Å². The van der Waals surface area contributed by atoms with Gasteiger partial charge in [0.05, 0.1) is 6.04 Å². The average molecular weight is 308 g/mol. The maximum Gasteiger partial charge on any atom is 0.244 e. The Labute approximate surface area is 133 Å². The van der Waals surface area contributed by atoms with Gasteiger partial charge in [-0.05, 0) is 31.1 Å². The van der Waals surface area contributed by atoms with Crippen LogP contribution >= 0.6 is 0 Å². The summed E-state index contributed by atoms with van der Waals surface area (Å²) in [5, 5.41) is 0. The Morgan fingerprint density at radius 2 is 1.77 bits per heavy atom. The maximum atomic E-state index is 13.0. The summed E-state index contributed by atoms with van der Waals surface area (Å²) in [6.45, 7) is 9.44. The molecule has 0 saturated heterocycles. The standard InChI is InChI=1S/C17H28N2O3/c1-10(15(22)18(6)7)19(11(2)20)13-12-8-9-17(5,14(13)21)16(12,3)4/h10,12-13H,8-9H2,1-7H3. The average Bonchev–Trinajstić information content (AvgIpc) is 2.71. The Morgan fingerprint density at radius 3 is 2.14 bits per heavy atom. The molecule has 4 unspecified atom stereocenters. The molecule has 5 nitrogen and oxygen atoms in total. The normalized spacial score (nSPS) is 33.7. The van der Waals surface area contributed by atoms with E-state index in [1.165, 1.54) is 16.7 Å². The van der Waals surface area contributed by atoms with Gasteiger partial charge in [0, 0.05) is 26.4 Å². The second-order valence-corrected chi connectivity index (χ2v) is 7.84. The van der Waals surface area contributed by atoms with Gasteiger partial charge in [0.15, 0.2) is 5.78 Å². The van der Waals surface area contributed by atoms with Gasteiger partial charge in [-0.15, -0.1) is 0 Å². The molecule has 0 spiro atoms. The summed E-state index contributed by atoms with van der Waals surface area (Å²) in [6, 6.07) is -1.08. The van der Waals surface area contributed by atoms with Crippen LogP contribution in [0.3, 0.4) is 0 Å². The van der Waals surface area contributed by atoms with Crippen LogP contribution in [0, 0.1) is 16.7 Å². The van der Waals surface area contributed by atoms with Crippen molar-refractivity contribution in [1.29, 1.82) is 0 Å². The van der Waals surface area contributed by atoms with Crippen LogP contribution in [0.2, 0.25) is 0 Å². The second kappa shape index (κ2) is 5.07. The van der Waals surface area contributed by atoms with Gasteiger partial charge in [-0.1, -0.05) is 20.8 Å². The molecule has 0 aromatic rings. The van der Waals surface area contributed by atoms with Crippen LogP contribution in [0.5, 0.6) is 0 Å². The van der Waals surface area contributed by atoms with Crippen LogP contribution < -0.4 is 0 Å². The molecule has 2 amide bonds. The highest BCUT2D eigenvalue weighted by atomic mass is 16.2. The quantitative estimate of drug-likeness (QED) is 0.797. The fourth-order valence-electron chi connectivity index (χ4n) is 4.56. The van der Waals surface area contributed by atoms with E-state index in [-0.39, 0.29) is 28.9 Å². The molecule has 2 aliphatic carbocycles. The van der Waals surface area contributed by atoms with Crippen LogP contribution in [-0.4, -0.2) is 53.6 Å². The van der Waals surface area contributed by atoms with Crippen molar-refractivity contribution in [2.24, 2.45) is 16.7 Å². The Balaban J connectivity index is 2.42. The molecule has 0 N–H and O–H groups in total. The van der Waals surface area contributed by atoms with E-state index in [1.807, 2.05) is 6.92 Å². The van der Waals surface area contributed by atoms with Gasteiger partial charge in [-0.2, -0.15) is 0 Å². The second-order valence-electron chi connectivity index (χ2n) is 7.84. The third-order valence-electron chi connectivity index (χ3n) is 6.38. The van der Waals surface area contributed by atoms with E-state index in [0.717, 1.165) is 12.8 Å². The van der Waals surface area contributed by atoms with Crippen molar-refractivity contribution < 1.29 is 14.4 Å². The van der Waals surface area contributed by atoms with Crippen LogP contribution in [0.1, 0.15) is 47.5 Å². The molecule has 4 atom stereocenters. The molecule has 0 aromatic carbocycles. The molecule has 22 heavy (non-hydrogen) atoms. The van der Waals surface area contributed by atoms with Crippen LogP contribution in [0.4, 0.5) is 0 Å². The number of likely N-dealkylation sites (N-methyl/N-ethyl adjacent to an activating group) is 1. The first kappa shape index (κ1) is 17.0. The number of carbonyl (C=O) groups excluding carboxylic acids is 3. The lowest BCUT2D eigenvalue weighted by molar-refractivity contribution is -0.150. The number of nitrogens with zero attached hydrogens (tertiary/aromatic N) is 2. The number of Topliss-reactive ketones (excluding diaryl/α,β-unsaturated/α-hetero) is 1. The molecule has 124 valence electrons. The molecule has 2 saturated carbocycles. The molecule has 0 aromatic heterocycles. The van der Waals surface area contributed by atoms with E-state index in [1.54, 1.807) is 21.0 Å². The van der Waals surface area contributed by atoms with Gasteiger partial charge in [-0.25, -0.2) is 0 Å². The van der Waals surface area contributed by atoms with Crippen molar-refractivity contribution in [1.82, 2.24) is 9.80 Å². The molecule has 2 bridgehead atoms. The zero-order valence-corrected chi connectivity index (χ0v) is 14.8. The first-order valence-electron chi connectivity index (χ1n) is 8.01. The summed E-state index contributed by atoms with van der Waals surface area (Å²) in [6.07, 6.45) is 1.81. The van der Waals surface area contributed by atoms with E-state index in [2.05, 4.69) is 13.8 Å². The molecular formula is C17H28N2O3. The van der Waals surface area contributed by atoms with Gasteiger partial charge >= 0.3 is 0 Å². The molecule has 2 fully saturated rings. The number of hydrogen-bond acceptors (Lipinski definition) is 3. The topological polar surface area (TPSA) is 57.7 Å². The molecule has 0 aliphatic heterocycles. The van der Waals surface area contributed by atoms with E-state index in [4.69, 9.17) is 0 Å². The fourth-order valence-corrected chi connectivity index (χ4v) is 4.56. The SMILES string of the molecule is CC(=O)N(C(C)C(=O)N(C)C)C1C(=O)C2(C)CCC1C2(C)C. The van der Waals surface area contributed by atoms with Crippen molar-refractivity contribution in [2.45, 2.75) is 59.5 Å². The first-order chi connectivity index (χ1) is 9.96. The summed E-state index contributed by atoms with van der Waals surface area (Å²) in [7, 11) is 3.34. The van der Waals surface area contributed by atoms with Crippen molar-refractivity contribution in [3.8, 4) is 0 Å². The van der Waals surface area contributed by atoms with Gasteiger partial charge in [0.2, 0.25) is 11.8 Å². The van der Waals surface area contributed by atoms with Crippen molar-refractivity contribution in [2.75, 3.05) is 14.1 Å². The summed E-state index contributed by atoms with van der Waals surface area (Å²) in [5.74, 6) is -0.0876. The summed E-state index contributed by atoms with van der Waals surface area (Å²) in [5.41, 5.74) is -0.528. The van der Waals surface area contributed by atoms with Crippen LogP contribution in [-0.2, 0) is 14.4 Å². The highest BCUT2D eigenvalue weighted by molar-refractivity contribution is 5.98. The monoisotopic (exact) mass is 308 g/mol. The highest BCUT2D eigenvalue weighted by Gasteiger charge is 2.68. The van der Waals surface area contributed by atoms with Gasteiger partial charge in [0.25, 0.3) is 0 Å². The summed E-state index contributed by atoms with van der Waals surface area (Å²) in [4.78, 5) is 40.6. The van der Waals surface area contributed by atoms with E-state index < -0.39 is 17.5 Å². The number of rotatable bonds is 3. The van der Waals surface area contributed by atoms with Crippen molar-refractivity contribution >= 4 is 17.6 Å². The number of carbonyl (C=O) groups is 3. The van der Waals surface area contributed by atoms with Crippen LogP contribution in [0.15, 0.2) is 0 Å². The molecule has 2 aliphatic rings. The van der Waals surface area contributed by atoms with E-state index in [9.17, 15) is 14.4 Å². The molecule has 0 radical (unpaired) electrons. The minimum absolute atomic E-state index is 0.127. The summed E-state index contributed by atoms with van der Waals surface area (Å²) < 4.78 is 0. The maximum absolute atomic E-state index is 13.0.